The Balaban J connectivity index is 0.000000209. The average molecular weight is 651 g/mol. The summed E-state index contributed by atoms with van der Waals surface area (Å²) in [7, 11) is -8.07. The highest BCUT2D eigenvalue weighted by Crippen LogP contribution is 2.42. The minimum Gasteiger partial charge on any atom is -0.423 e. The molecule has 5 aromatic rings. The summed E-state index contributed by atoms with van der Waals surface area (Å²) in [5.74, 6) is 0.901. The first-order chi connectivity index (χ1) is 20.8. The van der Waals surface area contributed by atoms with E-state index in [9.17, 15) is 14.0 Å². The molecule has 0 saturated heterocycles. The molecule has 0 aliphatic heterocycles. The number of nitrogens with two attached hydrogens (primary N) is 2. The maximum absolute atomic E-state index is 12.1. The van der Waals surface area contributed by atoms with Crippen molar-refractivity contribution in [3.05, 3.63) is 55.6 Å². The Kier molecular flexibility index (Phi) is 10.6. The summed E-state index contributed by atoms with van der Waals surface area (Å²) < 4.78 is 41.9. The SMILES string of the molecule is C[C@H](Cn1cnc2c(N)ncnc21)OCP(=O)(O)O.C[C@H](Cn1cnc2c(N)ncnc21)OCP(=O)(O)Oc1ccccc1. The first kappa shape index (κ1) is 32.9. The number of para-hydroxylation sites is 1. The van der Waals surface area contributed by atoms with Crippen LogP contribution < -0.4 is 16.0 Å². The molecule has 0 aliphatic carbocycles. The molecule has 1 aromatic carbocycles. The molecule has 0 aliphatic rings. The number of aromatic nitrogens is 8. The predicted octanol–water partition coefficient (Wildman–Crippen LogP) is 1.98. The highest BCUT2D eigenvalue weighted by molar-refractivity contribution is 7.53. The van der Waals surface area contributed by atoms with Gasteiger partial charge in [-0.2, -0.15) is 0 Å². The van der Waals surface area contributed by atoms with Gasteiger partial charge in [-0.3, -0.25) is 4.57 Å². The number of nitrogen functional groups attached to an aromatic ring is 2. The van der Waals surface area contributed by atoms with Crippen molar-refractivity contribution in [3.8, 4) is 5.75 Å². The number of nitrogens with zero attached hydrogens (tertiary/aromatic N) is 8. The fourth-order valence-corrected chi connectivity index (χ4v) is 5.24. The van der Waals surface area contributed by atoms with Gasteiger partial charge in [0.05, 0.1) is 38.0 Å². The van der Waals surface area contributed by atoms with Gasteiger partial charge in [0.1, 0.15) is 35.8 Å². The second-order valence-electron chi connectivity index (χ2n) is 9.58. The van der Waals surface area contributed by atoms with Crippen molar-refractivity contribution < 1.29 is 37.8 Å². The Hall–Kier alpha value is -4.02. The number of ether oxygens (including phenoxy) is 2. The number of hydrogen-bond donors (Lipinski definition) is 5. The zero-order valence-electron chi connectivity index (χ0n) is 23.7. The van der Waals surface area contributed by atoms with Gasteiger partial charge in [0.25, 0.3) is 0 Å². The molecule has 236 valence electrons. The molecule has 4 aromatic heterocycles. The summed E-state index contributed by atoms with van der Waals surface area (Å²) in [6.45, 7) is 4.22. The summed E-state index contributed by atoms with van der Waals surface area (Å²) in [6, 6.07) is 8.44. The lowest BCUT2D eigenvalue weighted by atomic mass is 10.3. The largest absolute Gasteiger partial charge is 0.423 e. The molecule has 3 atom stereocenters. The smallest absolute Gasteiger partial charge is 0.402 e. The van der Waals surface area contributed by atoms with E-state index in [1.54, 1.807) is 59.6 Å². The van der Waals surface area contributed by atoms with Crippen molar-refractivity contribution in [2.45, 2.75) is 39.1 Å². The summed E-state index contributed by atoms with van der Waals surface area (Å²) in [5.41, 5.74) is 13.5. The molecule has 0 spiro atoms. The molecular weight excluding hydrogens is 618 g/mol. The Morgan fingerprint density at radius 1 is 0.750 bits per heavy atom. The molecule has 44 heavy (non-hydrogen) atoms. The van der Waals surface area contributed by atoms with E-state index >= 15 is 0 Å². The van der Waals surface area contributed by atoms with Crippen LogP contribution in [0.15, 0.2) is 55.6 Å². The molecule has 0 radical (unpaired) electrons. The Labute approximate surface area is 250 Å². The van der Waals surface area contributed by atoms with E-state index in [1.165, 1.54) is 19.0 Å². The van der Waals surface area contributed by atoms with Crippen LogP contribution in [0.3, 0.4) is 0 Å². The lowest BCUT2D eigenvalue weighted by Gasteiger charge is -2.17. The minimum atomic E-state index is -4.16. The zero-order chi connectivity index (χ0) is 31.9. The molecule has 20 heteroatoms. The zero-order valence-corrected chi connectivity index (χ0v) is 25.5. The number of anilines is 2. The molecule has 4 heterocycles. The third-order valence-corrected chi connectivity index (χ3v) is 7.26. The maximum Gasteiger partial charge on any atom is 0.402 e. The summed E-state index contributed by atoms with van der Waals surface area (Å²) in [4.78, 5) is 51.5. The number of rotatable bonds is 12. The van der Waals surface area contributed by atoms with Gasteiger partial charge in [-0.05, 0) is 26.0 Å². The van der Waals surface area contributed by atoms with Gasteiger partial charge in [-0.25, -0.2) is 34.5 Å². The summed E-state index contributed by atoms with van der Waals surface area (Å²) in [5, 5.41) is 0. The molecule has 7 N–H and O–H groups in total. The number of imidazole rings is 2. The van der Waals surface area contributed by atoms with Gasteiger partial charge in [0.2, 0.25) is 0 Å². The summed E-state index contributed by atoms with van der Waals surface area (Å²) >= 11 is 0. The van der Waals surface area contributed by atoms with Gasteiger partial charge in [-0.15, -0.1) is 0 Å². The monoisotopic (exact) mass is 650 g/mol. The van der Waals surface area contributed by atoms with Gasteiger partial charge in [-0.1, -0.05) is 18.2 Å². The first-order valence-electron chi connectivity index (χ1n) is 13.0. The molecule has 5 rings (SSSR count). The topological polar surface area (TPSA) is 262 Å². The van der Waals surface area contributed by atoms with Crippen LogP contribution in [0.2, 0.25) is 0 Å². The Morgan fingerprint density at radius 2 is 1.23 bits per heavy atom. The standard InChI is InChI=1S/C15H18N5O4P.C9H14N5O4P/c1-11(7-20-9-19-13-14(16)17-8-18-15(13)20)23-10-25(21,22)24-12-5-3-2-4-6-12;1-6(18-5-19(15,16)17)2-14-4-13-7-8(10)11-3-12-9(7)14/h2-6,8-9,11H,7,10H2,1H3,(H,21,22)(H2,16,17,18);3-4,6H,2,5H2,1H3,(H2,10,11,12)(H2,15,16,17)/t11-;6-/m11/s1. The van der Waals surface area contributed by atoms with E-state index in [-0.39, 0.29) is 11.9 Å². The van der Waals surface area contributed by atoms with Gasteiger partial charge < -0.3 is 49.3 Å². The molecule has 0 saturated carbocycles. The minimum absolute atomic E-state index is 0.285. The number of hydrogen-bond acceptors (Lipinski definition) is 13. The van der Waals surface area contributed by atoms with Crippen LogP contribution in [0, 0.1) is 0 Å². The van der Waals surface area contributed by atoms with Crippen molar-refractivity contribution in [3.63, 3.8) is 0 Å². The van der Waals surface area contributed by atoms with Crippen LogP contribution in [0.25, 0.3) is 22.3 Å². The van der Waals surface area contributed by atoms with Gasteiger partial charge in [0, 0.05) is 0 Å². The van der Waals surface area contributed by atoms with Crippen LogP contribution >= 0.6 is 15.2 Å². The maximum atomic E-state index is 12.1. The van der Waals surface area contributed by atoms with Crippen LogP contribution in [0.1, 0.15) is 13.8 Å². The molecule has 18 nitrogen and oxygen atoms in total. The number of benzene rings is 1. The lowest BCUT2D eigenvalue weighted by Crippen LogP contribution is -2.18. The van der Waals surface area contributed by atoms with E-state index in [0.717, 1.165) is 0 Å². The van der Waals surface area contributed by atoms with Crippen molar-refractivity contribution >= 4 is 49.2 Å². The van der Waals surface area contributed by atoms with Crippen LogP contribution in [0.5, 0.6) is 5.75 Å². The fourth-order valence-electron chi connectivity index (χ4n) is 3.84. The predicted molar refractivity (Wildman–Crippen MR) is 159 cm³/mol. The van der Waals surface area contributed by atoms with Crippen LogP contribution in [-0.2, 0) is 31.7 Å². The molecule has 0 bridgehead atoms. The van der Waals surface area contributed by atoms with Crippen molar-refractivity contribution in [1.82, 2.24) is 39.0 Å². The van der Waals surface area contributed by atoms with Crippen molar-refractivity contribution in [2.75, 3.05) is 24.2 Å². The van der Waals surface area contributed by atoms with Gasteiger partial charge in [0.15, 0.2) is 29.3 Å². The van der Waals surface area contributed by atoms with E-state index in [2.05, 4.69) is 29.9 Å². The molecular formula is C24H32N10O8P2. The van der Waals surface area contributed by atoms with E-state index in [4.69, 9.17) is 35.3 Å². The molecule has 1 unspecified atom stereocenters. The van der Waals surface area contributed by atoms with Crippen molar-refractivity contribution in [1.29, 1.82) is 0 Å². The Bertz CT molecular complexity index is 1780. The van der Waals surface area contributed by atoms with Gasteiger partial charge >= 0.3 is 15.2 Å². The highest BCUT2D eigenvalue weighted by atomic mass is 31.2. The highest BCUT2D eigenvalue weighted by Gasteiger charge is 2.23. The third-order valence-electron chi connectivity index (χ3n) is 5.81. The lowest BCUT2D eigenvalue weighted by molar-refractivity contribution is 0.0764. The average Bonchev–Trinajstić information content (AvgIpc) is 3.57. The number of fused-ring (bicyclic) bond motifs is 2. The fraction of sp³-hybridized carbons (Fsp3) is 0.333. The van der Waals surface area contributed by atoms with E-state index in [0.29, 0.717) is 47.0 Å². The third kappa shape index (κ3) is 9.24. The van der Waals surface area contributed by atoms with Crippen LogP contribution in [0.4, 0.5) is 11.6 Å². The summed E-state index contributed by atoms with van der Waals surface area (Å²) in [6.07, 6.45) is 4.00. The second kappa shape index (κ2) is 14.2. The first-order valence-corrected chi connectivity index (χ1v) is 16.5. The molecule has 0 fully saturated rings. The Morgan fingerprint density at radius 3 is 1.70 bits per heavy atom. The van der Waals surface area contributed by atoms with E-state index < -0.39 is 34.0 Å². The molecule has 0 amide bonds. The van der Waals surface area contributed by atoms with Crippen molar-refractivity contribution in [2.24, 2.45) is 0 Å². The second-order valence-corrected chi connectivity index (χ2v) is 12.9. The quantitative estimate of drug-likeness (QED) is 0.121. The van der Waals surface area contributed by atoms with Crippen LogP contribution in [-0.4, -0.2) is 78.6 Å². The normalized spacial score (nSPS) is 14.5. The van der Waals surface area contributed by atoms with E-state index in [1.807, 2.05) is 0 Å².